The third kappa shape index (κ3) is 4.44. The molecule has 0 bridgehead atoms. The molecule has 0 saturated heterocycles. The first-order chi connectivity index (χ1) is 13.0. The minimum atomic E-state index is -0.218. The Kier molecular flexibility index (Phi) is 5.41. The predicted molar refractivity (Wildman–Crippen MR) is 109 cm³/mol. The van der Waals surface area contributed by atoms with E-state index in [2.05, 4.69) is 41.6 Å². The van der Waals surface area contributed by atoms with Crippen LogP contribution in [0, 0.1) is 20.8 Å². The minimum absolute atomic E-state index is 0.218. The second kappa shape index (κ2) is 7.91. The minimum Gasteiger partial charge on any atom is -0.495 e. The summed E-state index contributed by atoms with van der Waals surface area (Å²) in [6, 6.07) is 15.2. The average molecular weight is 361 g/mol. The summed E-state index contributed by atoms with van der Waals surface area (Å²) in [6.45, 7) is 6.10. The van der Waals surface area contributed by atoms with E-state index in [0.717, 1.165) is 11.3 Å². The Balaban J connectivity index is 1.79. The van der Waals surface area contributed by atoms with Gasteiger partial charge < -0.3 is 15.4 Å². The highest BCUT2D eigenvalue weighted by Gasteiger charge is 2.11. The van der Waals surface area contributed by atoms with Gasteiger partial charge in [0, 0.05) is 17.4 Å². The van der Waals surface area contributed by atoms with Gasteiger partial charge in [-0.25, -0.2) is 4.98 Å². The van der Waals surface area contributed by atoms with E-state index in [9.17, 15) is 4.79 Å². The molecule has 0 saturated carbocycles. The summed E-state index contributed by atoms with van der Waals surface area (Å²) < 4.78 is 5.32. The number of hydrogen-bond donors (Lipinski definition) is 2. The zero-order valence-electron chi connectivity index (χ0n) is 16.0. The van der Waals surface area contributed by atoms with Gasteiger partial charge in [0.05, 0.1) is 12.8 Å². The number of carbonyl (C=O) groups excluding carboxylic acids is 1. The summed E-state index contributed by atoms with van der Waals surface area (Å²) in [5, 5.41) is 6.15. The number of aromatic nitrogens is 1. The largest absolute Gasteiger partial charge is 0.495 e. The molecule has 5 heteroatoms. The van der Waals surface area contributed by atoms with Gasteiger partial charge >= 0.3 is 0 Å². The number of methoxy groups -OCH3 is 1. The van der Waals surface area contributed by atoms with Crippen molar-refractivity contribution in [3.63, 3.8) is 0 Å². The number of aryl methyl sites for hydroxylation is 3. The number of nitrogens with one attached hydrogen (secondary N) is 2. The molecule has 0 spiro atoms. The normalized spacial score (nSPS) is 10.4. The van der Waals surface area contributed by atoms with E-state index in [0.29, 0.717) is 22.8 Å². The molecule has 0 unspecified atom stereocenters. The molecule has 0 fully saturated rings. The quantitative estimate of drug-likeness (QED) is 0.670. The first kappa shape index (κ1) is 18.5. The van der Waals surface area contributed by atoms with Gasteiger partial charge in [-0.2, -0.15) is 0 Å². The van der Waals surface area contributed by atoms with Crippen LogP contribution in [0.25, 0.3) is 0 Å². The molecule has 27 heavy (non-hydrogen) atoms. The highest BCUT2D eigenvalue weighted by Crippen LogP contribution is 2.26. The van der Waals surface area contributed by atoms with Gasteiger partial charge in [-0.3, -0.25) is 4.79 Å². The number of amides is 1. The van der Waals surface area contributed by atoms with Crippen LogP contribution in [0.2, 0.25) is 0 Å². The number of carbonyl (C=O) groups is 1. The Labute approximate surface area is 159 Å². The van der Waals surface area contributed by atoms with Gasteiger partial charge in [-0.15, -0.1) is 0 Å². The molecule has 1 heterocycles. The number of pyridine rings is 1. The van der Waals surface area contributed by atoms with Crippen molar-refractivity contribution in [1.29, 1.82) is 0 Å². The van der Waals surface area contributed by atoms with Crippen LogP contribution in [-0.4, -0.2) is 18.0 Å². The van der Waals surface area contributed by atoms with Crippen molar-refractivity contribution in [2.45, 2.75) is 20.8 Å². The van der Waals surface area contributed by atoms with Crippen LogP contribution in [0.4, 0.5) is 17.2 Å². The van der Waals surface area contributed by atoms with E-state index < -0.39 is 0 Å². The van der Waals surface area contributed by atoms with Crippen molar-refractivity contribution >= 4 is 23.1 Å². The highest BCUT2D eigenvalue weighted by atomic mass is 16.5. The van der Waals surface area contributed by atoms with Gasteiger partial charge in [-0.1, -0.05) is 12.1 Å². The summed E-state index contributed by atoms with van der Waals surface area (Å²) >= 11 is 0. The Morgan fingerprint density at radius 2 is 1.78 bits per heavy atom. The van der Waals surface area contributed by atoms with Crippen LogP contribution in [0.3, 0.4) is 0 Å². The van der Waals surface area contributed by atoms with Crippen molar-refractivity contribution in [2.24, 2.45) is 0 Å². The molecule has 2 N–H and O–H groups in total. The van der Waals surface area contributed by atoms with Crippen molar-refractivity contribution in [1.82, 2.24) is 4.98 Å². The fourth-order valence-corrected chi connectivity index (χ4v) is 2.72. The molecular weight excluding hydrogens is 338 g/mol. The third-order valence-electron chi connectivity index (χ3n) is 4.40. The predicted octanol–water partition coefficient (Wildman–Crippen LogP) is 5.01. The summed E-state index contributed by atoms with van der Waals surface area (Å²) in [6.07, 6.45) is 1.62. The van der Waals surface area contributed by atoms with Crippen molar-refractivity contribution < 1.29 is 9.53 Å². The molecule has 0 aliphatic carbocycles. The van der Waals surface area contributed by atoms with Gasteiger partial charge in [0.15, 0.2) is 0 Å². The number of anilines is 3. The topological polar surface area (TPSA) is 63.2 Å². The van der Waals surface area contributed by atoms with Gasteiger partial charge in [0.1, 0.15) is 11.6 Å². The lowest BCUT2D eigenvalue weighted by Gasteiger charge is -2.12. The number of rotatable bonds is 5. The second-order valence-corrected chi connectivity index (χ2v) is 6.51. The maximum atomic E-state index is 12.7. The zero-order chi connectivity index (χ0) is 19.4. The molecule has 2 aromatic carbocycles. The number of nitrogens with zero attached hydrogens (tertiary/aromatic N) is 1. The molecule has 3 aromatic rings. The van der Waals surface area contributed by atoms with E-state index in [1.165, 1.54) is 11.1 Å². The molecule has 0 atom stereocenters. The molecule has 5 nitrogen and oxygen atoms in total. The molecule has 0 aliphatic rings. The van der Waals surface area contributed by atoms with E-state index in [1.54, 1.807) is 25.4 Å². The van der Waals surface area contributed by atoms with Crippen molar-refractivity contribution in [2.75, 3.05) is 17.7 Å². The standard InChI is InChI=1S/C22H23N3O2/c1-14-5-8-20(27-4)19(11-14)25-22(26)17-9-10-23-21(13-17)24-18-7-6-15(2)16(3)12-18/h5-13H,1-4H3,(H,23,24)(H,25,26). The maximum absolute atomic E-state index is 12.7. The monoisotopic (exact) mass is 361 g/mol. The third-order valence-corrected chi connectivity index (χ3v) is 4.40. The zero-order valence-corrected chi connectivity index (χ0v) is 16.0. The lowest BCUT2D eigenvalue weighted by molar-refractivity contribution is 0.102. The Morgan fingerprint density at radius 3 is 2.52 bits per heavy atom. The Bertz CT molecular complexity index is 983. The molecule has 138 valence electrons. The van der Waals surface area contributed by atoms with Crippen molar-refractivity contribution in [3.05, 3.63) is 77.0 Å². The lowest BCUT2D eigenvalue weighted by Crippen LogP contribution is -2.13. The van der Waals surface area contributed by atoms with E-state index in [1.807, 2.05) is 31.2 Å². The molecule has 1 aromatic heterocycles. The first-order valence-corrected chi connectivity index (χ1v) is 8.72. The second-order valence-electron chi connectivity index (χ2n) is 6.51. The fourth-order valence-electron chi connectivity index (χ4n) is 2.72. The molecule has 1 amide bonds. The summed E-state index contributed by atoms with van der Waals surface area (Å²) in [5.74, 6) is 1.02. The molecule has 0 aliphatic heterocycles. The van der Waals surface area contributed by atoms with Gasteiger partial charge in [0.2, 0.25) is 0 Å². The van der Waals surface area contributed by atoms with Crippen LogP contribution in [0.1, 0.15) is 27.0 Å². The van der Waals surface area contributed by atoms with E-state index >= 15 is 0 Å². The maximum Gasteiger partial charge on any atom is 0.255 e. The highest BCUT2D eigenvalue weighted by molar-refractivity contribution is 6.05. The first-order valence-electron chi connectivity index (χ1n) is 8.72. The number of benzene rings is 2. The number of ether oxygens (including phenoxy) is 1. The van der Waals surface area contributed by atoms with Crippen LogP contribution >= 0.6 is 0 Å². The summed E-state index contributed by atoms with van der Waals surface area (Å²) in [4.78, 5) is 17.0. The van der Waals surface area contributed by atoms with E-state index in [-0.39, 0.29) is 5.91 Å². The van der Waals surface area contributed by atoms with Crippen molar-refractivity contribution in [3.8, 4) is 5.75 Å². The van der Waals surface area contributed by atoms with Crippen LogP contribution in [-0.2, 0) is 0 Å². The summed E-state index contributed by atoms with van der Waals surface area (Å²) in [5.41, 5.74) is 5.55. The average Bonchev–Trinajstić information content (AvgIpc) is 2.65. The van der Waals surface area contributed by atoms with Gasteiger partial charge in [-0.05, 0) is 73.9 Å². The Hall–Kier alpha value is -3.34. The van der Waals surface area contributed by atoms with E-state index in [4.69, 9.17) is 4.74 Å². The smallest absolute Gasteiger partial charge is 0.255 e. The molecule has 3 rings (SSSR count). The SMILES string of the molecule is COc1ccc(C)cc1NC(=O)c1ccnc(Nc2ccc(C)c(C)c2)c1. The van der Waals surface area contributed by atoms with Gasteiger partial charge in [0.25, 0.3) is 5.91 Å². The lowest BCUT2D eigenvalue weighted by atomic mass is 10.1. The van der Waals surface area contributed by atoms with Crippen LogP contribution in [0.5, 0.6) is 5.75 Å². The molecule has 0 radical (unpaired) electrons. The summed E-state index contributed by atoms with van der Waals surface area (Å²) in [7, 11) is 1.58. The molecular formula is C22H23N3O2. The fraction of sp³-hybridized carbons (Fsp3) is 0.182. The van der Waals surface area contributed by atoms with Crippen LogP contribution in [0.15, 0.2) is 54.7 Å². The number of hydrogen-bond acceptors (Lipinski definition) is 4. The Morgan fingerprint density at radius 1 is 0.963 bits per heavy atom. The van der Waals surface area contributed by atoms with Crippen LogP contribution < -0.4 is 15.4 Å².